The van der Waals surface area contributed by atoms with Gasteiger partial charge >= 0.3 is 12.1 Å². The van der Waals surface area contributed by atoms with Crippen molar-refractivity contribution in [1.29, 1.82) is 0 Å². The molecule has 0 amide bonds. The Hall–Kier alpha value is -2.96. The molecule has 5 nitrogen and oxygen atoms in total. The lowest BCUT2D eigenvalue weighted by Crippen LogP contribution is -2.36. The van der Waals surface area contributed by atoms with Crippen molar-refractivity contribution in [3.05, 3.63) is 71.2 Å². The molecule has 0 aliphatic rings. The lowest BCUT2D eigenvalue weighted by Gasteiger charge is -2.28. The quantitative estimate of drug-likeness (QED) is 0.529. The van der Waals surface area contributed by atoms with E-state index in [1.54, 1.807) is 42.6 Å². The highest BCUT2D eigenvalue weighted by atomic mass is 32.2. The fraction of sp³-hybridized carbons (Fsp3) is 0.304. The zero-order chi connectivity index (χ0) is 23.5. The molecule has 1 atom stereocenters. The summed E-state index contributed by atoms with van der Waals surface area (Å²) in [5.41, 5.74) is 0.129. The summed E-state index contributed by atoms with van der Waals surface area (Å²) < 4.78 is 40.7. The molecule has 3 aromatic rings. The first-order valence-electron chi connectivity index (χ1n) is 9.63. The van der Waals surface area contributed by atoms with Crippen LogP contribution in [0.15, 0.2) is 48.7 Å². The van der Waals surface area contributed by atoms with E-state index < -0.39 is 28.4 Å². The van der Waals surface area contributed by atoms with Crippen LogP contribution < -0.4 is 0 Å². The maximum Gasteiger partial charge on any atom is 0.416 e. The number of carbonyl (C=O) groups is 1. The van der Waals surface area contributed by atoms with Gasteiger partial charge in [-0.05, 0) is 36.3 Å². The van der Waals surface area contributed by atoms with Crippen LogP contribution >= 0.6 is 11.8 Å². The molecule has 0 radical (unpaired) electrons. The molecule has 2 N–H and O–H groups in total. The number of aliphatic hydroxyl groups is 1. The third kappa shape index (κ3) is 5.26. The van der Waals surface area contributed by atoms with Gasteiger partial charge in [-0.3, -0.25) is 9.20 Å². The van der Waals surface area contributed by atoms with Crippen LogP contribution in [0.1, 0.15) is 36.4 Å². The number of aliphatic carboxylic acids is 1. The summed E-state index contributed by atoms with van der Waals surface area (Å²) in [5, 5.41) is 18.3. The first kappa shape index (κ1) is 23.7. The molecule has 0 bridgehead atoms. The molecule has 0 saturated heterocycles. The van der Waals surface area contributed by atoms with Crippen molar-refractivity contribution in [3.8, 4) is 11.8 Å². The van der Waals surface area contributed by atoms with Crippen LogP contribution in [0.3, 0.4) is 0 Å². The zero-order valence-corrected chi connectivity index (χ0v) is 18.2. The van der Waals surface area contributed by atoms with Gasteiger partial charge < -0.3 is 10.2 Å². The number of nitrogens with zero attached hydrogens (tertiary/aromatic N) is 2. The van der Waals surface area contributed by atoms with Gasteiger partial charge in [0, 0.05) is 29.5 Å². The third-order valence-corrected chi connectivity index (χ3v) is 6.46. The molecule has 0 fully saturated rings. The number of carboxylic acid groups (broad SMARTS) is 1. The van der Waals surface area contributed by atoms with Gasteiger partial charge in [0.1, 0.15) is 16.6 Å². The molecular weight excluding hydrogens is 441 g/mol. The molecule has 9 heteroatoms. The molecule has 1 unspecified atom stereocenters. The van der Waals surface area contributed by atoms with Gasteiger partial charge in [-0.2, -0.15) is 13.2 Å². The molecule has 0 spiro atoms. The smallest absolute Gasteiger partial charge is 0.416 e. The second-order valence-electron chi connectivity index (χ2n) is 7.84. The van der Waals surface area contributed by atoms with Crippen LogP contribution in [0.5, 0.6) is 0 Å². The molecule has 2 aromatic heterocycles. The molecule has 32 heavy (non-hydrogen) atoms. The Balaban J connectivity index is 1.98. The maximum absolute atomic E-state index is 13.0. The number of imidazole rings is 1. The Labute approximate surface area is 187 Å². The number of pyridine rings is 1. The number of benzene rings is 1. The highest BCUT2D eigenvalue weighted by molar-refractivity contribution is 7.99. The van der Waals surface area contributed by atoms with Crippen molar-refractivity contribution in [2.24, 2.45) is 5.41 Å². The predicted molar refractivity (Wildman–Crippen MR) is 116 cm³/mol. The van der Waals surface area contributed by atoms with E-state index in [0.29, 0.717) is 17.0 Å². The predicted octanol–water partition coefficient (Wildman–Crippen LogP) is 4.46. The largest absolute Gasteiger partial charge is 0.480 e. The minimum atomic E-state index is -4.46. The maximum atomic E-state index is 13.0. The van der Waals surface area contributed by atoms with Crippen molar-refractivity contribution in [3.63, 3.8) is 0 Å². The molecule has 0 aliphatic heterocycles. The number of aliphatic hydroxyl groups excluding tert-OH is 1. The Morgan fingerprint density at radius 2 is 1.94 bits per heavy atom. The van der Waals surface area contributed by atoms with E-state index in [1.807, 2.05) is 0 Å². The Kier molecular flexibility index (Phi) is 6.86. The van der Waals surface area contributed by atoms with E-state index in [0.717, 1.165) is 23.9 Å². The Bertz CT molecular complexity index is 1190. The van der Waals surface area contributed by atoms with Gasteiger partial charge in [0.15, 0.2) is 0 Å². The molecule has 1 aromatic carbocycles. The summed E-state index contributed by atoms with van der Waals surface area (Å²) >= 11 is 1.12. The number of carboxylic acids is 1. The number of hydrogen-bond acceptors (Lipinski definition) is 4. The number of fused-ring (bicyclic) bond motifs is 1. The molecule has 2 heterocycles. The average molecular weight is 462 g/mol. The molecule has 3 rings (SSSR count). The van der Waals surface area contributed by atoms with Gasteiger partial charge in [0.05, 0.1) is 11.3 Å². The number of alkyl halides is 3. The third-order valence-electron chi connectivity index (χ3n) is 4.85. The second-order valence-corrected chi connectivity index (χ2v) is 8.93. The van der Waals surface area contributed by atoms with Crippen molar-refractivity contribution < 1.29 is 28.2 Å². The zero-order valence-electron chi connectivity index (χ0n) is 17.3. The molecule has 168 valence electrons. The number of thioether (sulfide) groups is 1. The van der Waals surface area contributed by atoms with E-state index in [2.05, 4.69) is 16.8 Å². The summed E-state index contributed by atoms with van der Waals surface area (Å²) in [7, 11) is 0. The number of halogens is 3. The van der Waals surface area contributed by atoms with Gasteiger partial charge in [0.2, 0.25) is 0 Å². The van der Waals surface area contributed by atoms with Crippen LogP contribution in [-0.4, -0.2) is 37.4 Å². The van der Waals surface area contributed by atoms with Crippen LogP contribution in [0.25, 0.3) is 5.65 Å². The summed E-state index contributed by atoms with van der Waals surface area (Å²) in [4.78, 5) is 16.3. The number of rotatable bonds is 6. The fourth-order valence-corrected chi connectivity index (χ4v) is 4.25. The highest BCUT2D eigenvalue weighted by Crippen LogP contribution is 2.33. The van der Waals surface area contributed by atoms with Crippen molar-refractivity contribution >= 4 is 23.4 Å². The fourth-order valence-electron chi connectivity index (χ4n) is 3.06. The normalized spacial score (nSPS) is 12.9. The lowest BCUT2D eigenvalue weighted by atomic mass is 9.90. The topological polar surface area (TPSA) is 74.8 Å². The number of hydrogen-bond donors (Lipinski definition) is 2. The van der Waals surface area contributed by atoms with E-state index >= 15 is 0 Å². The summed E-state index contributed by atoms with van der Waals surface area (Å²) in [5.74, 6) is 4.83. The van der Waals surface area contributed by atoms with Crippen molar-refractivity contribution in [2.75, 3.05) is 6.61 Å². The van der Waals surface area contributed by atoms with Gasteiger partial charge in [0.25, 0.3) is 0 Å². The molecule has 0 aliphatic carbocycles. The average Bonchev–Trinajstić information content (AvgIpc) is 3.09. The van der Waals surface area contributed by atoms with Crippen molar-refractivity contribution in [2.45, 2.75) is 31.0 Å². The van der Waals surface area contributed by atoms with Crippen LogP contribution in [0.4, 0.5) is 13.2 Å². The summed E-state index contributed by atoms with van der Waals surface area (Å²) in [6.45, 7) is 3.03. The SMILES string of the molecule is CC(C)(CO)C(SCc1nc2ccccn2c1C#Cc1cccc(C(F)(F)F)c1)C(=O)O. The minimum Gasteiger partial charge on any atom is -0.480 e. The van der Waals surface area contributed by atoms with E-state index in [1.165, 1.54) is 12.1 Å². The van der Waals surface area contributed by atoms with E-state index in [4.69, 9.17) is 0 Å². The van der Waals surface area contributed by atoms with E-state index in [9.17, 15) is 28.2 Å². The Morgan fingerprint density at radius 3 is 2.59 bits per heavy atom. The Morgan fingerprint density at radius 1 is 1.19 bits per heavy atom. The molecule has 0 saturated carbocycles. The summed E-state index contributed by atoms with van der Waals surface area (Å²) in [6, 6.07) is 10.1. The first-order valence-corrected chi connectivity index (χ1v) is 10.7. The van der Waals surface area contributed by atoms with E-state index in [-0.39, 0.29) is 17.9 Å². The second kappa shape index (κ2) is 9.27. The molecular formula is C23H21F3N2O3S. The standard InChI is InChI=1S/C23H21F3N2O3S/c1-22(2,14-29)20(21(30)31)32-13-17-18(28-11-4-3-8-19(28)27-17)10-9-15-6-5-7-16(12-15)23(24,25)26/h3-8,11-12,20,29H,13-14H2,1-2H3,(H,30,31). The van der Waals surface area contributed by atoms with Gasteiger partial charge in [-0.25, -0.2) is 4.98 Å². The number of aromatic nitrogens is 2. The lowest BCUT2D eigenvalue weighted by molar-refractivity contribution is -0.139. The summed E-state index contributed by atoms with van der Waals surface area (Å²) in [6.07, 6.45) is -2.73. The first-order chi connectivity index (χ1) is 15.0. The monoisotopic (exact) mass is 462 g/mol. The van der Waals surface area contributed by atoms with Gasteiger partial charge in [-0.15, -0.1) is 11.8 Å². The van der Waals surface area contributed by atoms with Crippen molar-refractivity contribution in [1.82, 2.24) is 9.38 Å². The highest BCUT2D eigenvalue weighted by Gasteiger charge is 2.35. The van der Waals surface area contributed by atoms with Gasteiger partial charge in [-0.1, -0.05) is 31.9 Å². The van der Waals surface area contributed by atoms with Crippen LogP contribution in [0, 0.1) is 17.3 Å². The van der Waals surface area contributed by atoms with Crippen LogP contribution in [-0.2, 0) is 16.7 Å². The minimum absolute atomic E-state index is 0.203. The van der Waals surface area contributed by atoms with Crippen LogP contribution in [0.2, 0.25) is 0 Å².